The normalized spacial score (nSPS) is 14.7. The summed E-state index contributed by atoms with van der Waals surface area (Å²) in [6.07, 6.45) is -1.49. The second kappa shape index (κ2) is 9.38. The molecule has 182 valence electrons. The van der Waals surface area contributed by atoms with Crippen molar-refractivity contribution < 1.29 is 22.5 Å². The zero-order valence-electron chi connectivity index (χ0n) is 18.9. The lowest BCUT2D eigenvalue weighted by molar-refractivity contribution is -0.130. The molecule has 0 aliphatic heterocycles. The molecule has 12 heteroatoms. The summed E-state index contributed by atoms with van der Waals surface area (Å²) >= 11 is 6.24. The molecule has 4 rings (SSSR count). The van der Waals surface area contributed by atoms with Crippen molar-refractivity contribution >= 4 is 17.5 Å². The van der Waals surface area contributed by atoms with Crippen LogP contribution in [0.4, 0.5) is 13.2 Å². The summed E-state index contributed by atoms with van der Waals surface area (Å²) < 4.78 is 47.1. The fraction of sp³-hybridized carbons (Fsp3) is 0.455. The minimum atomic E-state index is -2.85. The van der Waals surface area contributed by atoms with Gasteiger partial charge in [-0.2, -0.15) is 10.1 Å². The Balaban J connectivity index is 1.57. The van der Waals surface area contributed by atoms with Gasteiger partial charge in [-0.15, -0.1) is 0 Å². The molecule has 34 heavy (non-hydrogen) atoms. The van der Waals surface area contributed by atoms with Gasteiger partial charge in [0.05, 0.1) is 5.41 Å². The predicted octanol–water partition coefficient (Wildman–Crippen LogP) is 3.76. The van der Waals surface area contributed by atoms with E-state index in [0.29, 0.717) is 37.3 Å². The van der Waals surface area contributed by atoms with Gasteiger partial charge in [0.1, 0.15) is 18.1 Å². The Morgan fingerprint density at radius 3 is 2.59 bits per heavy atom. The first-order valence-electron chi connectivity index (χ1n) is 10.7. The smallest absolute Gasteiger partial charge is 0.280 e. The van der Waals surface area contributed by atoms with Gasteiger partial charge in [0.2, 0.25) is 5.91 Å². The van der Waals surface area contributed by atoms with E-state index in [1.807, 2.05) is 19.0 Å². The number of nitrogens with zero attached hydrogens (tertiary/aromatic N) is 6. The third-order valence-corrected chi connectivity index (χ3v) is 6.21. The second-order valence-corrected chi connectivity index (χ2v) is 9.07. The van der Waals surface area contributed by atoms with Crippen LogP contribution in [-0.2, 0) is 16.8 Å². The molecule has 1 amide bonds. The summed E-state index contributed by atoms with van der Waals surface area (Å²) in [5.74, 6) is -0.532. The summed E-state index contributed by atoms with van der Waals surface area (Å²) in [4.78, 5) is 20.3. The van der Waals surface area contributed by atoms with Crippen LogP contribution in [0.15, 0.2) is 28.8 Å². The summed E-state index contributed by atoms with van der Waals surface area (Å²) in [6.45, 7) is 0.740. The minimum Gasteiger partial charge on any atom is -0.343 e. The number of aromatic nitrogens is 4. The Bertz CT molecular complexity index is 1190. The van der Waals surface area contributed by atoms with Gasteiger partial charge < -0.3 is 14.3 Å². The van der Waals surface area contributed by atoms with Crippen molar-refractivity contribution in [3.8, 4) is 11.6 Å². The van der Waals surface area contributed by atoms with Crippen LogP contribution >= 0.6 is 11.6 Å². The molecule has 0 saturated heterocycles. The molecule has 1 aromatic carbocycles. The first kappa shape index (κ1) is 24.2. The third-order valence-electron chi connectivity index (χ3n) is 5.90. The lowest BCUT2D eigenvalue weighted by Gasteiger charge is -2.20. The van der Waals surface area contributed by atoms with Crippen LogP contribution < -0.4 is 0 Å². The monoisotopic (exact) mass is 496 g/mol. The van der Waals surface area contributed by atoms with E-state index in [9.17, 15) is 18.0 Å². The van der Waals surface area contributed by atoms with E-state index in [1.54, 1.807) is 13.1 Å². The molecule has 1 aliphatic rings. The second-order valence-electron chi connectivity index (χ2n) is 8.66. The van der Waals surface area contributed by atoms with Crippen LogP contribution in [0.5, 0.6) is 0 Å². The van der Waals surface area contributed by atoms with Crippen LogP contribution in [0.3, 0.4) is 0 Å². The first-order chi connectivity index (χ1) is 16.1. The van der Waals surface area contributed by atoms with Crippen LogP contribution in [0, 0.1) is 5.82 Å². The molecular weight excluding hydrogens is 473 g/mol. The molecule has 0 N–H and O–H groups in total. The number of amides is 1. The molecule has 2 heterocycles. The number of alkyl halides is 2. The van der Waals surface area contributed by atoms with Crippen molar-refractivity contribution in [2.24, 2.45) is 0 Å². The largest absolute Gasteiger partial charge is 0.343 e. The Morgan fingerprint density at radius 1 is 1.24 bits per heavy atom. The van der Waals surface area contributed by atoms with Gasteiger partial charge in [-0.05, 0) is 50.7 Å². The Morgan fingerprint density at radius 2 is 1.97 bits per heavy atom. The maximum Gasteiger partial charge on any atom is 0.280 e. The highest BCUT2D eigenvalue weighted by atomic mass is 35.5. The highest BCUT2D eigenvalue weighted by Gasteiger charge is 2.51. The molecule has 1 aliphatic carbocycles. The van der Waals surface area contributed by atoms with E-state index in [-0.39, 0.29) is 29.1 Å². The lowest BCUT2D eigenvalue weighted by atomic mass is 9.95. The molecule has 0 radical (unpaired) electrons. The Hall–Kier alpha value is -2.92. The molecule has 1 saturated carbocycles. The Kier molecular flexibility index (Phi) is 6.68. The summed E-state index contributed by atoms with van der Waals surface area (Å²) in [6, 6.07) is 5.26. The number of carbonyl (C=O) groups is 1. The SMILES string of the molecule is CN(C)CCN(C)C(=O)Cn1nc(-c2nc(C3(c4ccc(F)cc4Cl)CC3)no2)cc1C(F)F. The van der Waals surface area contributed by atoms with Crippen molar-refractivity contribution in [1.82, 2.24) is 29.7 Å². The van der Waals surface area contributed by atoms with Gasteiger partial charge >= 0.3 is 0 Å². The fourth-order valence-electron chi connectivity index (χ4n) is 3.70. The van der Waals surface area contributed by atoms with E-state index in [1.165, 1.54) is 17.0 Å². The number of hydrogen-bond donors (Lipinski definition) is 0. The van der Waals surface area contributed by atoms with Crippen molar-refractivity contribution in [2.45, 2.75) is 31.2 Å². The van der Waals surface area contributed by atoms with E-state index >= 15 is 0 Å². The van der Waals surface area contributed by atoms with E-state index < -0.39 is 23.4 Å². The average molecular weight is 497 g/mol. The quantitative estimate of drug-likeness (QED) is 0.449. The van der Waals surface area contributed by atoms with Crippen molar-refractivity contribution in [1.29, 1.82) is 0 Å². The van der Waals surface area contributed by atoms with Crippen LogP contribution in [-0.4, -0.2) is 69.9 Å². The summed E-state index contributed by atoms with van der Waals surface area (Å²) in [5, 5.41) is 8.42. The standard InChI is InChI=1S/C22H24ClF3N6O2/c1-30(2)8-9-31(3)18(33)12-32-17(19(25)26)11-16(28-32)20-27-21(29-34-20)22(6-7-22)14-5-4-13(24)10-15(14)23/h4-5,10-11,19H,6-9,12H2,1-3H3. The highest BCUT2D eigenvalue weighted by molar-refractivity contribution is 6.31. The fourth-order valence-corrected chi connectivity index (χ4v) is 4.05. The lowest BCUT2D eigenvalue weighted by Crippen LogP contribution is -2.36. The number of likely N-dealkylation sites (N-methyl/N-ethyl adjacent to an activating group) is 2. The van der Waals surface area contributed by atoms with Gasteiger partial charge in [-0.1, -0.05) is 22.8 Å². The van der Waals surface area contributed by atoms with Crippen molar-refractivity contribution in [3.63, 3.8) is 0 Å². The third kappa shape index (κ3) is 4.80. The molecule has 0 atom stereocenters. The maximum absolute atomic E-state index is 13.7. The molecule has 0 unspecified atom stereocenters. The molecule has 8 nitrogen and oxygen atoms in total. The van der Waals surface area contributed by atoms with Crippen molar-refractivity contribution in [3.05, 3.63) is 52.2 Å². The number of benzene rings is 1. The number of rotatable bonds is 9. The predicted molar refractivity (Wildman–Crippen MR) is 118 cm³/mol. The molecular formula is C22H24ClF3N6O2. The Labute approximate surface area is 199 Å². The van der Waals surface area contributed by atoms with Gasteiger partial charge in [-0.25, -0.2) is 13.2 Å². The van der Waals surface area contributed by atoms with Crippen LogP contribution in [0.1, 0.15) is 36.3 Å². The van der Waals surface area contributed by atoms with Gasteiger partial charge in [0, 0.05) is 25.2 Å². The number of carbonyl (C=O) groups excluding carboxylic acids is 1. The average Bonchev–Trinajstić information content (AvgIpc) is 3.21. The zero-order valence-corrected chi connectivity index (χ0v) is 19.7. The summed E-state index contributed by atoms with van der Waals surface area (Å²) in [7, 11) is 5.36. The van der Waals surface area contributed by atoms with E-state index in [0.717, 1.165) is 10.7 Å². The summed E-state index contributed by atoms with van der Waals surface area (Å²) in [5.41, 5.74) is -0.329. The van der Waals surface area contributed by atoms with Gasteiger partial charge in [-0.3, -0.25) is 9.48 Å². The number of halogens is 4. The molecule has 1 fully saturated rings. The molecule has 2 aromatic heterocycles. The molecule has 0 spiro atoms. The van der Waals surface area contributed by atoms with E-state index in [2.05, 4.69) is 15.2 Å². The van der Waals surface area contributed by atoms with Crippen molar-refractivity contribution in [2.75, 3.05) is 34.2 Å². The van der Waals surface area contributed by atoms with Crippen LogP contribution in [0.2, 0.25) is 5.02 Å². The number of hydrogen-bond acceptors (Lipinski definition) is 6. The maximum atomic E-state index is 13.7. The van der Waals surface area contributed by atoms with Gasteiger partial charge in [0.15, 0.2) is 11.5 Å². The minimum absolute atomic E-state index is 0.0406. The zero-order chi connectivity index (χ0) is 24.6. The highest BCUT2D eigenvalue weighted by Crippen LogP contribution is 2.54. The molecule has 3 aromatic rings. The first-order valence-corrected chi connectivity index (χ1v) is 11.0. The van der Waals surface area contributed by atoms with Gasteiger partial charge in [0.25, 0.3) is 12.3 Å². The van der Waals surface area contributed by atoms with E-state index in [4.69, 9.17) is 16.1 Å². The topological polar surface area (TPSA) is 80.3 Å². The molecule has 0 bridgehead atoms. The van der Waals surface area contributed by atoms with Crippen LogP contribution in [0.25, 0.3) is 11.6 Å².